The standard InChI is InChI=1S/C15H20N4O3/c1-11(20)12-4-6-17(7-5-12)10-18-15-3-2-14(19(21)22)8-13(15)9-16-18/h2-3,8-9,11-12,20H,4-7,10H2,1H3. The molecule has 1 aliphatic rings. The fraction of sp³-hybridized carbons (Fsp3) is 0.533. The Morgan fingerprint density at radius 3 is 2.82 bits per heavy atom. The second-order valence-corrected chi connectivity index (χ2v) is 5.98. The molecule has 7 heteroatoms. The van der Waals surface area contributed by atoms with Gasteiger partial charge in [0.25, 0.3) is 5.69 Å². The van der Waals surface area contributed by atoms with E-state index in [2.05, 4.69) is 10.00 Å². The van der Waals surface area contributed by atoms with E-state index in [9.17, 15) is 15.2 Å². The molecule has 0 bridgehead atoms. The monoisotopic (exact) mass is 304 g/mol. The van der Waals surface area contributed by atoms with E-state index in [1.807, 2.05) is 11.6 Å². The van der Waals surface area contributed by atoms with Gasteiger partial charge in [0.2, 0.25) is 0 Å². The number of non-ortho nitro benzene ring substituents is 1. The minimum absolute atomic E-state index is 0.0878. The number of hydrogen-bond acceptors (Lipinski definition) is 5. The van der Waals surface area contributed by atoms with Crippen molar-refractivity contribution in [1.29, 1.82) is 0 Å². The van der Waals surface area contributed by atoms with Crippen LogP contribution in [0.3, 0.4) is 0 Å². The first kappa shape index (κ1) is 14.9. The summed E-state index contributed by atoms with van der Waals surface area (Å²) in [5.74, 6) is 0.383. The summed E-state index contributed by atoms with van der Waals surface area (Å²) >= 11 is 0. The molecule has 3 rings (SSSR count). The van der Waals surface area contributed by atoms with E-state index in [1.54, 1.807) is 18.3 Å². The number of hydrogen-bond donors (Lipinski definition) is 1. The van der Waals surface area contributed by atoms with Gasteiger partial charge in [-0.2, -0.15) is 5.10 Å². The lowest BCUT2D eigenvalue weighted by atomic mass is 9.92. The maximum atomic E-state index is 10.8. The summed E-state index contributed by atoms with van der Waals surface area (Å²) < 4.78 is 1.88. The molecule has 0 spiro atoms. The Kier molecular flexibility index (Phi) is 4.08. The first-order valence-corrected chi connectivity index (χ1v) is 7.55. The summed E-state index contributed by atoms with van der Waals surface area (Å²) in [5, 5.41) is 25.6. The Bertz CT molecular complexity index is 674. The predicted octanol–water partition coefficient (Wildman–Crippen LogP) is 1.99. The number of rotatable bonds is 4. The quantitative estimate of drug-likeness (QED) is 0.690. The summed E-state index contributed by atoms with van der Waals surface area (Å²) in [5.41, 5.74) is 0.994. The van der Waals surface area contributed by atoms with Gasteiger partial charge in [0.1, 0.15) is 0 Å². The number of fused-ring (bicyclic) bond motifs is 1. The third kappa shape index (κ3) is 2.95. The first-order valence-electron chi connectivity index (χ1n) is 7.55. The van der Waals surface area contributed by atoms with Crippen LogP contribution in [0.4, 0.5) is 5.69 Å². The van der Waals surface area contributed by atoms with Crippen molar-refractivity contribution in [2.24, 2.45) is 5.92 Å². The number of benzene rings is 1. The topological polar surface area (TPSA) is 84.4 Å². The van der Waals surface area contributed by atoms with E-state index in [-0.39, 0.29) is 11.8 Å². The zero-order valence-corrected chi connectivity index (χ0v) is 12.6. The lowest BCUT2D eigenvalue weighted by Gasteiger charge is -2.33. The van der Waals surface area contributed by atoms with Crippen molar-refractivity contribution in [2.75, 3.05) is 13.1 Å². The minimum Gasteiger partial charge on any atom is -0.393 e. The molecule has 1 aromatic carbocycles. The fourth-order valence-corrected chi connectivity index (χ4v) is 3.07. The number of aromatic nitrogens is 2. The van der Waals surface area contributed by atoms with Gasteiger partial charge in [0.05, 0.1) is 29.4 Å². The summed E-state index contributed by atoms with van der Waals surface area (Å²) in [6, 6.07) is 4.82. The SMILES string of the molecule is CC(O)C1CCN(Cn2ncc3cc([N+](=O)[O-])ccc32)CC1. The number of likely N-dealkylation sites (tertiary alicyclic amines) is 1. The summed E-state index contributed by atoms with van der Waals surface area (Å²) in [4.78, 5) is 12.7. The van der Waals surface area contributed by atoms with Crippen molar-refractivity contribution in [3.63, 3.8) is 0 Å². The molecule has 1 N–H and O–H groups in total. The third-order valence-corrected chi connectivity index (χ3v) is 4.48. The van der Waals surface area contributed by atoms with E-state index >= 15 is 0 Å². The van der Waals surface area contributed by atoms with Crippen LogP contribution in [0, 0.1) is 16.0 Å². The highest BCUT2D eigenvalue weighted by Gasteiger charge is 2.23. The van der Waals surface area contributed by atoms with Crippen molar-refractivity contribution in [1.82, 2.24) is 14.7 Å². The average Bonchev–Trinajstić information content (AvgIpc) is 2.90. The van der Waals surface area contributed by atoms with E-state index in [0.717, 1.165) is 36.8 Å². The third-order valence-electron chi connectivity index (χ3n) is 4.48. The molecule has 118 valence electrons. The van der Waals surface area contributed by atoms with Crippen LogP contribution in [0.15, 0.2) is 24.4 Å². The first-order chi connectivity index (χ1) is 10.5. The van der Waals surface area contributed by atoms with Crippen LogP contribution in [-0.2, 0) is 6.67 Å². The van der Waals surface area contributed by atoms with Gasteiger partial charge in [0, 0.05) is 30.6 Å². The molecule has 2 heterocycles. The lowest BCUT2D eigenvalue weighted by molar-refractivity contribution is -0.384. The van der Waals surface area contributed by atoms with Gasteiger partial charge >= 0.3 is 0 Å². The molecule has 1 fully saturated rings. The lowest BCUT2D eigenvalue weighted by Crippen LogP contribution is -2.38. The molecule has 0 saturated carbocycles. The molecule has 1 atom stereocenters. The molecule has 0 amide bonds. The number of nitro benzene ring substituents is 1. The summed E-state index contributed by atoms with van der Waals surface area (Å²) in [6.07, 6.45) is 3.41. The molecular weight excluding hydrogens is 284 g/mol. The van der Waals surface area contributed by atoms with Gasteiger partial charge in [-0.1, -0.05) is 0 Å². The number of nitro groups is 1. The van der Waals surface area contributed by atoms with Crippen LogP contribution < -0.4 is 0 Å². The molecular formula is C15H20N4O3. The Labute approximate surface area is 128 Å². The number of piperidine rings is 1. The van der Waals surface area contributed by atoms with Crippen molar-refractivity contribution in [3.05, 3.63) is 34.5 Å². The molecule has 1 unspecified atom stereocenters. The zero-order valence-electron chi connectivity index (χ0n) is 12.6. The van der Waals surface area contributed by atoms with Crippen LogP contribution in [0.2, 0.25) is 0 Å². The van der Waals surface area contributed by atoms with Gasteiger partial charge in [-0.25, -0.2) is 0 Å². The maximum Gasteiger partial charge on any atom is 0.270 e. The number of nitrogens with zero attached hydrogens (tertiary/aromatic N) is 4. The highest BCUT2D eigenvalue weighted by molar-refractivity contribution is 5.81. The molecule has 7 nitrogen and oxygen atoms in total. The summed E-state index contributed by atoms with van der Waals surface area (Å²) in [7, 11) is 0. The molecule has 0 radical (unpaired) electrons. The van der Waals surface area contributed by atoms with E-state index in [1.165, 1.54) is 6.07 Å². The van der Waals surface area contributed by atoms with Crippen molar-refractivity contribution in [3.8, 4) is 0 Å². The van der Waals surface area contributed by atoms with Crippen LogP contribution in [0.25, 0.3) is 10.9 Å². The van der Waals surface area contributed by atoms with Crippen LogP contribution in [-0.4, -0.2) is 43.9 Å². The van der Waals surface area contributed by atoms with Gasteiger partial charge in [-0.05, 0) is 31.7 Å². The number of aliphatic hydroxyl groups is 1. The van der Waals surface area contributed by atoms with Crippen LogP contribution >= 0.6 is 0 Å². The van der Waals surface area contributed by atoms with E-state index in [0.29, 0.717) is 12.6 Å². The average molecular weight is 304 g/mol. The van der Waals surface area contributed by atoms with E-state index < -0.39 is 4.92 Å². The maximum absolute atomic E-state index is 10.8. The van der Waals surface area contributed by atoms with Crippen LogP contribution in [0.1, 0.15) is 19.8 Å². The fourth-order valence-electron chi connectivity index (χ4n) is 3.07. The Morgan fingerprint density at radius 1 is 1.45 bits per heavy atom. The smallest absolute Gasteiger partial charge is 0.270 e. The minimum atomic E-state index is -0.391. The molecule has 2 aromatic rings. The largest absolute Gasteiger partial charge is 0.393 e. The summed E-state index contributed by atoms with van der Waals surface area (Å²) in [6.45, 7) is 4.40. The van der Waals surface area contributed by atoms with Crippen LogP contribution in [0.5, 0.6) is 0 Å². The van der Waals surface area contributed by atoms with Gasteiger partial charge in [0.15, 0.2) is 0 Å². The molecule has 22 heavy (non-hydrogen) atoms. The molecule has 1 aliphatic heterocycles. The molecule has 1 aromatic heterocycles. The van der Waals surface area contributed by atoms with Crippen molar-refractivity contribution in [2.45, 2.75) is 32.5 Å². The number of aliphatic hydroxyl groups excluding tert-OH is 1. The molecule has 0 aliphatic carbocycles. The Hall–Kier alpha value is -1.99. The second kappa shape index (κ2) is 6.02. The van der Waals surface area contributed by atoms with E-state index in [4.69, 9.17) is 0 Å². The Morgan fingerprint density at radius 2 is 2.18 bits per heavy atom. The highest BCUT2D eigenvalue weighted by Crippen LogP contribution is 2.23. The van der Waals surface area contributed by atoms with Crippen molar-refractivity contribution < 1.29 is 10.0 Å². The zero-order chi connectivity index (χ0) is 15.7. The van der Waals surface area contributed by atoms with Gasteiger partial charge < -0.3 is 5.11 Å². The Balaban J connectivity index is 1.71. The van der Waals surface area contributed by atoms with Gasteiger partial charge in [-0.3, -0.25) is 19.7 Å². The normalized spacial score (nSPS) is 18.6. The van der Waals surface area contributed by atoms with Gasteiger partial charge in [-0.15, -0.1) is 0 Å². The van der Waals surface area contributed by atoms with Crippen molar-refractivity contribution >= 4 is 16.6 Å². The second-order valence-electron chi connectivity index (χ2n) is 5.98. The highest BCUT2D eigenvalue weighted by atomic mass is 16.6. The predicted molar refractivity (Wildman–Crippen MR) is 82.4 cm³/mol. The molecule has 1 saturated heterocycles.